The lowest BCUT2D eigenvalue weighted by molar-refractivity contribution is -0.384. The zero-order valence-corrected chi connectivity index (χ0v) is 18.1. The highest BCUT2D eigenvalue weighted by molar-refractivity contribution is 6.04. The smallest absolute Gasteiger partial charge is 0.258 e. The van der Waals surface area contributed by atoms with Crippen LogP contribution < -0.4 is 10.5 Å². The van der Waals surface area contributed by atoms with Gasteiger partial charge in [0.05, 0.1) is 22.2 Å². The first kappa shape index (κ1) is 20.4. The van der Waals surface area contributed by atoms with E-state index in [1.807, 2.05) is 54.6 Å². The first-order valence-corrected chi connectivity index (χ1v) is 10.7. The van der Waals surface area contributed by atoms with Crippen molar-refractivity contribution in [2.45, 2.75) is 0 Å². The summed E-state index contributed by atoms with van der Waals surface area (Å²) in [4.78, 5) is 36.9. The van der Waals surface area contributed by atoms with Gasteiger partial charge < -0.3 is 0 Å². The summed E-state index contributed by atoms with van der Waals surface area (Å²) >= 11 is 0. The molecule has 0 saturated carbocycles. The minimum Gasteiger partial charge on any atom is -0.258 e. The number of nitrogens with one attached hydrogen (secondary N) is 1. The molecule has 6 aromatic rings. The van der Waals surface area contributed by atoms with Crippen LogP contribution in [0.2, 0.25) is 0 Å². The van der Waals surface area contributed by atoms with E-state index in [-0.39, 0.29) is 11.2 Å². The predicted molar refractivity (Wildman–Crippen MR) is 131 cm³/mol. The molecule has 0 atom stereocenters. The number of aromatic amines is 1. The van der Waals surface area contributed by atoms with Crippen molar-refractivity contribution < 1.29 is 9.91 Å². The van der Waals surface area contributed by atoms with Crippen molar-refractivity contribution in [3.8, 4) is 5.69 Å². The third-order valence-corrected chi connectivity index (χ3v) is 5.64. The van der Waals surface area contributed by atoms with Gasteiger partial charge in [-0.05, 0) is 24.3 Å². The molecule has 10 nitrogen and oxygen atoms in total. The number of nitrogens with zero attached hydrogens (tertiary/aromatic N) is 6. The van der Waals surface area contributed by atoms with Crippen molar-refractivity contribution in [3.05, 3.63) is 111 Å². The lowest BCUT2D eigenvalue weighted by Crippen LogP contribution is -2.25. The zero-order valence-electron chi connectivity index (χ0n) is 18.1. The number of fused-ring (bicyclic) bond motifs is 4. The van der Waals surface area contributed by atoms with Crippen LogP contribution in [-0.4, -0.2) is 30.3 Å². The monoisotopic (exact) mass is 462 g/mol. The Morgan fingerprint density at radius 2 is 1.69 bits per heavy atom. The van der Waals surface area contributed by atoms with Crippen LogP contribution in [0.1, 0.15) is 5.56 Å². The Hall–Kier alpha value is -5.25. The Morgan fingerprint density at radius 1 is 0.943 bits per heavy atom. The molecule has 0 fully saturated rings. The number of hydrogen-bond acceptors (Lipinski definition) is 6. The van der Waals surface area contributed by atoms with Crippen LogP contribution in [0, 0.1) is 10.1 Å². The summed E-state index contributed by atoms with van der Waals surface area (Å²) in [6, 6.07) is 22.8. The first-order chi connectivity index (χ1) is 17.1. The van der Waals surface area contributed by atoms with E-state index in [1.165, 1.54) is 27.6 Å². The number of hydrogen-bond donors (Lipinski definition) is 0. The van der Waals surface area contributed by atoms with Crippen molar-refractivity contribution in [2.24, 2.45) is 5.10 Å². The van der Waals surface area contributed by atoms with Gasteiger partial charge in [-0.15, -0.1) is 9.78 Å². The second kappa shape index (κ2) is 7.96. The van der Waals surface area contributed by atoms with Gasteiger partial charge in [0.2, 0.25) is 5.65 Å². The maximum atomic E-state index is 13.6. The van der Waals surface area contributed by atoms with Gasteiger partial charge in [-0.3, -0.25) is 10.1 Å². The molecule has 0 unspecified atom stereocenters. The van der Waals surface area contributed by atoms with Crippen LogP contribution in [-0.2, 0) is 0 Å². The minimum absolute atomic E-state index is 0.0423. The molecule has 3 heterocycles. The standard InChI is InChI=1S/C25H15N7O3/c33-25-21-22-24(29-20-12-5-4-11-19(20)28-22)31(27-14-16-7-6-10-18(13-16)32(34)35)23(21)26-15-30(25)17-8-2-1-3-9-17/h1-15H/p+1/b27-14+. The lowest BCUT2D eigenvalue weighted by atomic mass is 10.2. The van der Waals surface area contributed by atoms with Crippen molar-refractivity contribution in [3.63, 3.8) is 0 Å². The summed E-state index contributed by atoms with van der Waals surface area (Å²) in [5, 5.41) is 16.0. The van der Waals surface area contributed by atoms with E-state index in [9.17, 15) is 14.9 Å². The zero-order chi connectivity index (χ0) is 23.9. The van der Waals surface area contributed by atoms with Gasteiger partial charge in [0, 0.05) is 17.7 Å². The summed E-state index contributed by atoms with van der Waals surface area (Å²) in [6.45, 7) is 0. The Labute approximate surface area is 196 Å². The number of H-pyrrole nitrogens is 1. The highest BCUT2D eigenvalue weighted by Crippen LogP contribution is 2.24. The SMILES string of the molecule is O=c1c2c3nc4ccccc4nc3n(/N=C/c3cccc([N+](=O)[O-])c3)c2[nH+]cn1-c1ccccc1. The second-order valence-electron chi connectivity index (χ2n) is 7.80. The van der Waals surface area contributed by atoms with E-state index in [0.29, 0.717) is 44.5 Å². The minimum atomic E-state index is -0.463. The normalized spacial score (nSPS) is 11.7. The molecule has 0 aliphatic heterocycles. The third-order valence-electron chi connectivity index (χ3n) is 5.64. The highest BCUT2D eigenvalue weighted by atomic mass is 16.6. The fourth-order valence-corrected chi connectivity index (χ4v) is 4.01. The van der Waals surface area contributed by atoms with Crippen LogP contribution in [0.25, 0.3) is 38.9 Å². The molecule has 3 aromatic heterocycles. The fourth-order valence-electron chi connectivity index (χ4n) is 4.01. The molecule has 0 aliphatic carbocycles. The van der Waals surface area contributed by atoms with Crippen LogP contribution >= 0.6 is 0 Å². The van der Waals surface area contributed by atoms with Crippen LogP contribution in [0.5, 0.6) is 0 Å². The van der Waals surface area contributed by atoms with Crippen LogP contribution in [0.15, 0.2) is 95.1 Å². The van der Waals surface area contributed by atoms with Crippen molar-refractivity contribution in [2.75, 3.05) is 0 Å². The first-order valence-electron chi connectivity index (χ1n) is 10.7. The van der Waals surface area contributed by atoms with E-state index in [2.05, 4.69) is 10.1 Å². The second-order valence-corrected chi connectivity index (χ2v) is 7.80. The van der Waals surface area contributed by atoms with Crippen LogP contribution in [0.4, 0.5) is 5.69 Å². The Bertz CT molecular complexity index is 1860. The molecule has 10 heteroatoms. The summed E-state index contributed by atoms with van der Waals surface area (Å²) in [7, 11) is 0. The van der Waals surface area contributed by atoms with E-state index < -0.39 is 4.92 Å². The quantitative estimate of drug-likeness (QED) is 0.225. The number of benzene rings is 3. The van der Waals surface area contributed by atoms with Gasteiger partial charge >= 0.3 is 5.56 Å². The average molecular weight is 462 g/mol. The topological polar surface area (TPSA) is 122 Å². The molecule has 35 heavy (non-hydrogen) atoms. The maximum absolute atomic E-state index is 13.6. The molecule has 6 rings (SSSR count). The molecular weight excluding hydrogens is 446 g/mol. The van der Waals surface area contributed by atoms with Gasteiger partial charge in [0.1, 0.15) is 11.2 Å². The number of nitro benzene ring substituents is 1. The number of rotatable bonds is 4. The largest absolute Gasteiger partial charge is 0.327 e. The maximum Gasteiger partial charge on any atom is 0.327 e. The molecule has 1 N–H and O–H groups in total. The van der Waals surface area contributed by atoms with E-state index in [1.54, 1.807) is 18.5 Å². The molecule has 0 amide bonds. The van der Waals surface area contributed by atoms with E-state index >= 15 is 0 Å². The summed E-state index contributed by atoms with van der Waals surface area (Å²) in [5.74, 6) is 0. The predicted octanol–water partition coefficient (Wildman–Crippen LogP) is 3.49. The molecular formula is C25H16N7O3+. The van der Waals surface area contributed by atoms with Crippen molar-refractivity contribution in [1.29, 1.82) is 0 Å². The lowest BCUT2D eigenvalue weighted by Gasteiger charge is -1.99. The van der Waals surface area contributed by atoms with E-state index in [4.69, 9.17) is 9.97 Å². The van der Waals surface area contributed by atoms with Gasteiger partial charge in [0.25, 0.3) is 11.3 Å². The fraction of sp³-hybridized carbons (Fsp3) is 0. The molecule has 0 radical (unpaired) electrons. The molecule has 0 saturated heterocycles. The Balaban J connectivity index is 1.64. The summed E-state index contributed by atoms with van der Waals surface area (Å²) < 4.78 is 3.01. The van der Waals surface area contributed by atoms with Crippen molar-refractivity contribution in [1.82, 2.24) is 19.2 Å². The number of para-hydroxylation sites is 3. The van der Waals surface area contributed by atoms with Gasteiger partial charge in [-0.1, -0.05) is 42.5 Å². The van der Waals surface area contributed by atoms with Crippen LogP contribution in [0.3, 0.4) is 0 Å². The third kappa shape index (κ3) is 3.40. The molecule has 0 bridgehead atoms. The molecule has 0 aliphatic rings. The molecule has 3 aromatic carbocycles. The number of nitro groups is 1. The summed E-state index contributed by atoms with van der Waals surface area (Å²) in [6.07, 6.45) is 3.05. The Kier molecular flexibility index (Phi) is 4.63. The van der Waals surface area contributed by atoms with Gasteiger partial charge in [0.15, 0.2) is 11.7 Å². The summed E-state index contributed by atoms with van der Waals surface area (Å²) in [5.41, 5.74) is 3.42. The van der Waals surface area contributed by atoms with Gasteiger partial charge in [-0.25, -0.2) is 19.7 Å². The van der Waals surface area contributed by atoms with E-state index in [0.717, 1.165) is 0 Å². The number of non-ortho nitro benzene ring substituents is 1. The van der Waals surface area contributed by atoms with Gasteiger partial charge in [-0.2, -0.15) is 4.57 Å². The highest BCUT2D eigenvalue weighted by Gasteiger charge is 2.25. The van der Waals surface area contributed by atoms with Crippen molar-refractivity contribution >= 4 is 45.1 Å². The molecule has 168 valence electrons. The molecule has 0 spiro atoms. The average Bonchev–Trinajstić information content (AvgIpc) is 3.20. The number of aromatic nitrogens is 5. The Morgan fingerprint density at radius 3 is 2.46 bits per heavy atom.